The van der Waals surface area contributed by atoms with Gasteiger partial charge in [-0.3, -0.25) is 4.79 Å². The van der Waals surface area contributed by atoms with Crippen molar-refractivity contribution in [2.75, 3.05) is 4.90 Å². The Labute approximate surface area is 173 Å². The maximum atomic E-state index is 13.3. The van der Waals surface area contributed by atoms with Crippen molar-refractivity contribution in [2.45, 2.75) is 64.8 Å². The SMILES string of the molecule is CCc1ccccc1N(Cc1cccc(C(=O)O)c1)C(=O)CCC1CCCCC1. The highest BCUT2D eigenvalue weighted by atomic mass is 16.4. The number of amides is 1. The number of carboxylic acids is 1. The molecule has 1 aliphatic carbocycles. The molecule has 0 saturated heterocycles. The average molecular weight is 394 g/mol. The van der Waals surface area contributed by atoms with Crippen LogP contribution in [0.15, 0.2) is 48.5 Å². The van der Waals surface area contributed by atoms with E-state index in [1.807, 2.05) is 29.2 Å². The fraction of sp³-hybridized carbons (Fsp3) is 0.440. The van der Waals surface area contributed by atoms with Crippen molar-refractivity contribution in [3.63, 3.8) is 0 Å². The topological polar surface area (TPSA) is 57.6 Å². The number of nitrogens with zero attached hydrogens (tertiary/aromatic N) is 1. The number of rotatable bonds is 8. The first-order chi connectivity index (χ1) is 14.1. The molecule has 1 aliphatic rings. The van der Waals surface area contributed by atoms with Crippen LogP contribution in [0.4, 0.5) is 5.69 Å². The van der Waals surface area contributed by atoms with Gasteiger partial charge < -0.3 is 10.0 Å². The van der Waals surface area contributed by atoms with E-state index in [1.165, 1.54) is 32.1 Å². The summed E-state index contributed by atoms with van der Waals surface area (Å²) >= 11 is 0. The van der Waals surface area contributed by atoms with Gasteiger partial charge in [0.15, 0.2) is 0 Å². The lowest BCUT2D eigenvalue weighted by molar-refractivity contribution is -0.119. The van der Waals surface area contributed by atoms with E-state index in [0.29, 0.717) is 18.9 Å². The van der Waals surface area contributed by atoms with Gasteiger partial charge in [0.1, 0.15) is 0 Å². The Morgan fingerprint density at radius 2 is 1.79 bits per heavy atom. The predicted octanol–water partition coefficient (Wildman–Crippen LogP) is 5.84. The molecule has 1 amide bonds. The quantitative estimate of drug-likeness (QED) is 0.613. The summed E-state index contributed by atoms with van der Waals surface area (Å²) in [6, 6.07) is 14.9. The van der Waals surface area contributed by atoms with Gasteiger partial charge in [-0.2, -0.15) is 0 Å². The molecule has 1 saturated carbocycles. The van der Waals surface area contributed by atoms with E-state index in [-0.39, 0.29) is 11.5 Å². The Hall–Kier alpha value is -2.62. The van der Waals surface area contributed by atoms with Gasteiger partial charge in [-0.25, -0.2) is 4.79 Å². The number of aromatic carboxylic acids is 1. The van der Waals surface area contributed by atoms with Crippen LogP contribution in [0.3, 0.4) is 0 Å². The zero-order chi connectivity index (χ0) is 20.6. The Morgan fingerprint density at radius 1 is 1.03 bits per heavy atom. The van der Waals surface area contributed by atoms with Crippen LogP contribution in [0.5, 0.6) is 0 Å². The second-order valence-electron chi connectivity index (χ2n) is 8.01. The molecule has 29 heavy (non-hydrogen) atoms. The number of hydrogen-bond donors (Lipinski definition) is 1. The van der Waals surface area contributed by atoms with Crippen LogP contribution in [-0.2, 0) is 17.8 Å². The van der Waals surface area contributed by atoms with E-state index < -0.39 is 5.97 Å². The fourth-order valence-electron chi connectivity index (χ4n) is 4.30. The molecular weight excluding hydrogens is 362 g/mol. The largest absolute Gasteiger partial charge is 0.478 e. The molecular formula is C25H31NO3. The molecule has 1 N–H and O–H groups in total. The highest BCUT2D eigenvalue weighted by molar-refractivity contribution is 5.94. The minimum atomic E-state index is -0.948. The minimum Gasteiger partial charge on any atom is -0.478 e. The standard InChI is InChI=1S/C25H31NO3/c1-2-21-12-6-7-14-23(21)26(18-20-11-8-13-22(17-20)25(28)29)24(27)16-15-19-9-4-3-5-10-19/h6-8,11-14,17,19H,2-5,9-10,15-16,18H2,1H3,(H,28,29). The Kier molecular flexibility index (Phi) is 7.45. The highest BCUT2D eigenvalue weighted by Gasteiger charge is 2.21. The van der Waals surface area contributed by atoms with Gasteiger partial charge in [-0.1, -0.05) is 69.4 Å². The summed E-state index contributed by atoms with van der Waals surface area (Å²) in [6.07, 6.45) is 8.68. The summed E-state index contributed by atoms with van der Waals surface area (Å²) in [7, 11) is 0. The third-order valence-corrected chi connectivity index (χ3v) is 5.97. The van der Waals surface area contributed by atoms with Crippen molar-refractivity contribution in [3.8, 4) is 0 Å². The molecule has 4 heteroatoms. The molecule has 4 nitrogen and oxygen atoms in total. The number of carbonyl (C=O) groups is 2. The zero-order valence-corrected chi connectivity index (χ0v) is 17.3. The molecule has 0 aromatic heterocycles. The summed E-state index contributed by atoms with van der Waals surface area (Å²) in [5.74, 6) is -0.167. The van der Waals surface area contributed by atoms with Crippen molar-refractivity contribution in [3.05, 3.63) is 65.2 Å². The number of carboxylic acid groups (broad SMARTS) is 1. The highest BCUT2D eigenvalue weighted by Crippen LogP contribution is 2.29. The lowest BCUT2D eigenvalue weighted by Crippen LogP contribution is -2.31. The van der Waals surface area contributed by atoms with Crippen LogP contribution < -0.4 is 4.90 Å². The first kappa shape index (κ1) is 21.1. The van der Waals surface area contributed by atoms with E-state index in [4.69, 9.17) is 0 Å². The third kappa shape index (κ3) is 5.69. The lowest BCUT2D eigenvalue weighted by Gasteiger charge is -2.27. The van der Waals surface area contributed by atoms with E-state index in [9.17, 15) is 14.7 Å². The van der Waals surface area contributed by atoms with Crippen LogP contribution in [0.1, 0.15) is 73.4 Å². The number of aryl methyl sites for hydroxylation is 1. The van der Waals surface area contributed by atoms with Crippen LogP contribution in [0.2, 0.25) is 0 Å². The molecule has 154 valence electrons. The second kappa shape index (κ2) is 10.2. The van der Waals surface area contributed by atoms with Crippen molar-refractivity contribution < 1.29 is 14.7 Å². The smallest absolute Gasteiger partial charge is 0.335 e. The molecule has 0 atom stereocenters. The molecule has 0 spiro atoms. The summed E-state index contributed by atoms with van der Waals surface area (Å²) in [5, 5.41) is 9.30. The number of carbonyl (C=O) groups excluding carboxylic acids is 1. The Balaban J connectivity index is 1.82. The molecule has 0 radical (unpaired) electrons. The molecule has 0 unspecified atom stereocenters. The average Bonchev–Trinajstić information content (AvgIpc) is 2.76. The van der Waals surface area contributed by atoms with Gasteiger partial charge >= 0.3 is 5.97 Å². The molecule has 2 aromatic rings. The fourth-order valence-corrected chi connectivity index (χ4v) is 4.30. The van der Waals surface area contributed by atoms with Gasteiger partial charge in [0.25, 0.3) is 0 Å². The van der Waals surface area contributed by atoms with Crippen molar-refractivity contribution in [1.82, 2.24) is 0 Å². The molecule has 0 heterocycles. The van der Waals surface area contributed by atoms with Gasteiger partial charge in [-0.05, 0) is 48.1 Å². The van der Waals surface area contributed by atoms with Crippen LogP contribution >= 0.6 is 0 Å². The number of benzene rings is 2. The van der Waals surface area contributed by atoms with Crippen molar-refractivity contribution >= 4 is 17.6 Å². The van der Waals surface area contributed by atoms with Gasteiger partial charge in [0, 0.05) is 12.1 Å². The summed E-state index contributed by atoms with van der Waals surface area (Å²) < 4.78 is 0. The maximum absolute atomic E-state index is 13.3. The Bertz CT molecular complexity index is 839. The van der Waals surface area contributed by atoms with E-state index in [1.54, 1.807) is 18.2 Å². The van der Waals surface area contributed by atoms with E-state index >= 15 is 0 Å². The van der Waals surface area contributed by atoms with Crippen LogP contribution in [0, 0.1) is 5.92 Å². The predicted molar refractivity (Wildman–Crippen MR) is 116 cm³/mol. The summed E-state index contributed by atoms with van der Waals surface area (Å²) in [4.78, 5) is 26.5. The molecule has 0 bridgehead atoms. The molecule has 1 fully saturated rings. The van der Waals surface area contributed by atoms with Crippen molar-refractivity contribution in [2.24, 2.45) is 5.92 Å². The zero-order valence-electron chi connectivity index (χ0n) is 17.3. The second-order valence-corrected chi connectivity index (χ2v) is 8.01. The summed E-state index contributed by atoms with van der Waals surface area (Å²) in [5.41, 5.74) is 3.15. The first-order valence-corrected chi connectivity index (χ1v) is 10.8. The minimum absolute atomic E-state index is 0.122. The van der Waals surface area contributed by atoms with Gasteiger partial charge in [0.05, 0.1) is 12.1 Å². The van der Waals surface area contributed by atoms with Crippen LogP contribution in [0.25, 0.3) is 0 Å². The maximum Gasteiger partial charge on any atom is 0.335 e. The van der Waals surface area contributed by atoms with E-state index in [0.717, 1.165) is 29.7 Å². The molecule has 3 rings (SSSR count). The van der Waals surface area contributed by atoms with Crippen molar-refractivity contribution in [1.29, 1.82) is 0 Å². The third-order valence-electron chi connectivity index (χ3n) is 5.97. The summed E-state index contributed by atoms with van der Waals surface area (Å²) in [6.45, 7) is 2.48. The van der Waals surface area contributed by atoms with Crippen LogP contribution in [-0.4, -0.2) is 17.0 Å². The normalized spacial score (nSPS) is 14.5. The monoisotopic (exact) mass is 393 g/mol. The Morgan fingerprint density at radius 3 is 2.52 bits per heavy atom. The molecule has 2 aromatic carbocycles. The first-order valence-electron chi connectivity index (χ1n) is 10.8. The van der Waals surface area contributed by atoms with E-state index in [2.05, 4.69) is 13.0 Å². The number of anilines is 1. The number of hydrogen-bond acceptors (Lipinski definition) is 2. The lowest BCUT2D eigenvalue weighted by atomic mass is 9.86. The van der Waals surface area contributed by atoms with Gasteiger partial charge in [-0.15, -0.1) is 0 Å². The number of para-hydroxylation sites is 1. The molecule has 0 aliphatic heterocycles. The van der Waals surface area contributed by atoms with Gasteiger partial charge in [0.2, 0.25) is 5.91 Å².